The highest BCUT2D eigenvalue weighted by Crippen LogP contribution is 2.19. The van der Waals surface area contributed by atoms with Crippen LogP contribution >= 0.6 is 0 Å². The van der Waals surface area contributed by atoms with E-state index >= 15 is 0 Å². The number of nitrogens with one attached hydrogen (secondary N) is 1. The number of hydrogen-bond acceptors (Lipinski definition) is 5. The summed E-state index contributed by atoms with van der Waals surface area (Å²) in [5.74, 6) is 0. The molecular formula is C16H21N3O2. The molecule has 0 spiro atoms. The van der Waals surface area contributed by atoms with Crippen LogP contribution in [0.5, 0.6) is 6.08 Å². The van der Waals surface area contributed by atoms with Gasteiger partial charge in [-0.15, -0.1) is 0 Å². The predicted octanol–water partition coefficient (Wildman–Crippen LogP) is 2.05. The van der Waals surface area contributed by atoms with Crippen LogP contribution in [0.4, 0.5) is 0 Å². The molecule has 2 aromatic rings. The van der Waals surface area contributed by atoms with Gasteiger partial charge < -0.3 is 14.5 Å². The van der Waals surface area contributed by atoms with Gasteiger partial charge >= 0.3 is 6.08 Å². The van der Waals surface area contributed by atoms with E-state index < -0.39 is 0 Å². The van der Waals surface area contributed by atoms with E-state index in [-0.39, 0.29) is 6.10 Å². The van der Waals surface area contributed by atoms with Crippen LogP contribution in [-0.2, 0) is 13.1 Å². The van der Waals surface area contributed by atoms with Crippen LogP contribution in [0.15, 0.2) is 41.0 Å². The van der Waals surface area contributed by atoms with Gasteiger partial charge in [-0.05, 0) is 19.0 Å². The molecule has 21 heavy (non-hydrogen) atoms. The topological polar surface area (TPSA) is 50.5 Å². The highest BCUT2D eigenvalue weighted by atomic mass is 16.6. The second kappa shape index (κ2) is 6.74. The molecule has 1 N–H and O–H groups in total. The lowest BCUT2D eigenvalue weighted by Crippen LogP contribution is -2.24. The Hall–Kier alpha value is -1.85. The van der Waals surface area contributed by atoms with E-state index in [4.69, 9.17) is 9.15 Å². The van der Waals surface area contributed by atoms with Crippen molar-refractivity contribution in [3.05, 3.63) is 47.9 Å². The minimum absolute atomic E-state index is 0.162. The van der Waals surface area contributed by atoms with Gasteiger partial charge in [0.15, 0.2) is 0 Å². The van der Waals surface area contributed by atoms with E-state index in [0.717, 1.165) is 31.7 Å². The molecule has 5 heteroatoms. The number of likely N-dealkylation sites (tertiary alicyclic amines) is 1. The van der Waals surface area contributed by atoms with Gasteiger partial charge in [0.2, 0.25) is 0 Å². The summed E-state index contributed by atoms with van der Waals surface area (Å²) in [7, 11) is 1.88. The molecule has 0 bridgehead atoms. The molecule has 1 aromatic carbocycles. The molecule has 0 aliphatic carbocycles. The monoisotopic (exact) mass is 287 g/mol. The second-order valence-electron chi connectivity index (χ2n) is 5.38. The van der Waals surface area contributed by atoms with Crippen molar-refractivity contribution >= 4 is 0 Å². The Labute approximate surface area is 124 Å². The second-order valence-corrected chi connectivity index (χ2v) is 5.38. The van der Waals surface area contributed by atoms with Crippen molar-refractivity contribution < 1.29 is 9.15 Å². The minimum atomic E-state index is 0.162. The first kappa shape index (κ1) is 14.1. The molecule has 2 heterocycles. The Balaban J connectivity index is 1.50. The fourth-order valence-electron chi connectivity index (χ4n) is 2.63. The van der Waals surface area contributed by atoms with E-state index in [2.05, 4.69) is 39.5 Å². The standard InChI is InChI=1S/C16H21N3O2/c1-17-9-14-12-20-16(18-14)21-15-7-8-19(11-15)10-13-5-3-2-4-6-13/h2-6,12,15,17H,7-11H2,1H3. The molecular weight excluding hydrogens is 266 g/mol. The van der Waals surface area contributed by atoms with Gasteiger partial charge in [-0.1, -0.05) is 30.3 Å². The number of rotatable bonds is 6. The number of nitrogens with zero attached hydrogens (tertiary/aromatic N) is 2. The Morgan fingerprint density at radius 1 is 1.38 bits per heavy atom. The van der Waals surface area contributed by atoms with Crippen molar-refractivity contribution in [2.24, 2.45) is 0 Å². The van der Waals surface area contributed by atoms with Crippen molar-refractivity contribution in [2.45, 2.75) is 25.6 Å². The molecule has 1 aliphatic heterocycles. The fourth-order valence-corrected chi connectivity index (χ4v) is 2.63. The van der Waals surface area contributed by atoms with Gasteiger partial charge in [-0.2, -0.15) is 4.98 Å². The highest BCUT2D eigenvalue weighted by molar-refractivity contribution is 5.14. The Morgan fingerprint density at radius 2 is 2.24 bits per heavy atom. The minimum Gasteiger partial charge on any atom is -0.445 e. The first-order valence-electron chi connectivity index (χ1n) is 7.35. The Kier molecular flexibility index (Phi) is 4.52. The number of benzene rings is 1. The van der Waals surface area contributed by atoms with Crippen LogP contribution in [0, 0.1) is 0 Å². The molecule has 0 saturated carbocycles. The van der Waals surface area contributed by atoms with Gasteiger partial charge in [0, 0.05) is 26.2 Å². The molecule has 1 atom stereocenters. The summed E-state index contributed by atoms with van der Waals surface area (Å²) in [6.45, 7) is 3.62. The highest BCUT2D eigenvalue weighted by Gasteiger charge is 2.25. The normalized spacial score (nSPS) is 19.0. The van der Waals surface area contributed by atoms with E-state index in [1.807, 2.05) is 13.1 Å². The summed E-state index contributed by atoms with van der Waals surface area (Å²) >= 11 is 0. The average Bonchev–Trinajstić information content (AvgIpc) is 3.11. The smallest absolute Gasteiger partial charge is 0.394 e. The first-order chi connectivity index (χ1) is 10.3. The van der Waals surface area contributed by atoms with E-state index in [0.29, 0.717) is 12.6 Å². The number of hydrogen-bond donors (Lipinski definition) is 1. The van der Waals surface area contributed by atoms with Crippen LogP contribution in [0.2, 0.25) is 0 Å². The maximum Gasteiger partial charge on any atom is 0.394 e. The van der Waals surface area contributed by atoms with Gasteiger partial charge in [-0.3, -0.25) is 4.90 Å². The molecule has 0 amide bonds. The van der Waals surface area contributed by atoms with Gasteiger partial charge in [0.05, 0.1) is 5.69 Å². The van der Waals surface area contributed by atoms with Crippen molar-refractivity contribution in [1.29, 1.82) is 0 Å². The fraction of sp³-hybridized carbons (Fsp3) is 0.438. The number of ether oxygens (including phenoxy) is 1. The SMILES string of the molecule is CNCc1coc(OC2CCN(Cc3ccccc3)C2)n1. The average molecular weight is 287 g/mol. The van der Waals surface area contributed by atoms with Crippen molar-refractivity contribution in [3.63, 3.8) is 0 Å². The number of oxazole rings is 1. The van der Waals surface area contributed by atoms with Crippen LogP contribution in [0.3, 0.4) is 0 Å². The van der Waals surface area contributed by atoms with E-state index in [1.54, 1.807) is 6.26 Å². The maximum absolute atomic E-state index is 5.82. The van der Waals surface area contributed by atoms with Crippen LogP contribution in [-0.4, -0.2) is 36.1 Å². The zero-order valence-corrected chi connectivity index (χ0v) is 12.3. The van der Waals surface area contributed by atoms with Crippen LogP contribution in [0.25, 0.3) is 0 Å². The molecule has 5 nitrogen and oxygen atoms in total. The molecule has 1 aliphatic rings. The van der Waals surface area contributed by atoms with Gasteiger partial charge in [0.25, 0.3) is 0 Å². The maximum atomic E-state index is 5.82. The zero-order valence-electron chi connectivity index (χ0n) is 12.3. The molecule has 1 saturated heterocycles. The van der Waals surface area contributed by atoms with Crippen LogP contribution in [0.1, 0.15) is 17.7 Å². The summed E-state index contributed by atoms with van der Waals surface area (Å²) < 4.78 is 11.2. The largest absolute Gasteiger partial charge is 0.445 e. The molecule has 3 rings (SSSR count). The van der Waals surface area contributed by atoms with Gasteiger partial charge in [0.1, 0.15) is 12.4 Å². The third-order valence-corrected chi connectivity index (χ3v) is 3.63. The lowest BCUT2D eigenvalue weighted by atomic mass is 10.2. The van der Waals surface area contributed by atoms with E-state index in [1.165, 1.54) is 5.56 Å². The Bertz CT molecular complexity index is 556. The van der Waals surface area contributed by atoms with E-state index in [9.17, 15) is 0 Å². The molecule has 1 aromatic heterocycles. The molecule has 1 unspecified atom stereocenters. The molecule has 112 valence electrons. The lowest BCUT2D eigenvalue weighted by molar-refractivity contribution is 0.148. The summed E-state index contributed by atoms with van der Waals surface area (Å²) in [5.41, 5.74) is 2.21. The molecule has 0 radical (unpaired) electrons. The third kappa shape index (κ3) is 3.83. The van der Waals surface area contributed by atoms with Gasteiger partial charge in [-0.25, -0.2) is 0 Å². The Morgan fingerprint density at radius 3 is 3.05 bits per heavy atom. The zero-order chi connectivity index (χ0) is 14.5. The van der Waals surface area contributed by atoms with Crippen molar-refractivity contribution in [2.75, 3.05) is 20.1 Å². The predicted molar refractivity (Wildman–Crippen MR) is 80.0 cm³/mol. The summed E-state index contributed by atoms with van der Waals surface area (Å²) in [5, 5.41) is 3.04. The van der Waals surface area contributed by atoms with Crippen LogP contribution < -0.4 is 10.1 Å². The first-order valence-corrected chi connectivity index (χ1v) is 7.35. The summed E-state index contributed by atoms with van der Waals surface area (Å²) in [6, 6.07) is 10.5. The van der Waals surface area contributed by atoms with Crippen molar-refractivity contribution in [3.8, 4) is 6.08 Å². The van der Waals surface area contributed by atoms with Crippen molar-refractivity contribution in [1.82, 2.24) is 15.2 Å². The quantitative estimate of drug-likeness (QED) is 0.881. The third-order valence-electron chi connectivity index (χ3n) is 3.63. The summed E-state index contributed by atoms with van der Waals surface area (Å²) in [4.78, 5) is 6.70. The summed E-state index contributed by atoms with van der Waals surface area (Å²) in [6.07, 6.45) is 3.20. The molecule has 1 fully saturated rings. The lowest BCUT2D eigenvalue weighted by Gasteiger charge is -2.15. The number of aromatic nitrogens is 1.